The Kier molecular flexibility index (Phi) is 6.40. The van der Waals surface area contributed by atoms with E-state index in [0.717, 1.165) is 0 Å². The number of ether oxygens (including phenoxy) is 2. The average Bonchev–Trinajstić information content (AvgIpc) is 2.46. The molecule has 0 aromatic heterocycles. The first-order chi connectivity index (χ1) is 9.99. The zero-order valence-electron chi connectivity index (χ0n) is 12.0. The molecule has 0 amide bonds. The fraction of sp³-hybridized carbons (Fsp3) is 0.857. The Bertz CT molecular complexity index is 333. The lowest BCUT2D eigenvalue weighted by Gasteiger charge is -2.29. The largest absolute Gasteiger partial charge is 0.391 e. The molecule has 2 rings (SSSR count). The van der Waals surface area contributed by atoms with Crippen LogP contribution in [0.2, 0.25) is 0 Å². The lowest BCUT2D eigenvalue weighted by atomic mass is 9.81. The Morgan fingerprint density at radius 2 is 1.67 bits per heavy atom. The monoisotopic (exact) mass is 326 g/mol. The van der Waals surface area contributed by atoms with Crippen molar-refractivity contribution in [3.05, 3.63) is 12.2 Å². The van der Waals surface area contributed by atoms with Crippen molar-refractivity contribution in [3.63, 3.8) is 0 Å². The van der Waals surface area contributed by atoms with Crippen LogP contribution in [0.3, 0.4) is 0 Å². The fourth-order valence-electron chi connectivity index (χ4n) is 2.69. The van der Waals surface area contributed by atoms with E-state index in [1.54, 1.807) is 0 Å². The molecule has 0 aromatic carbocycles. The van der Waals surface area contributed by atoms with E-state index in [2.05, 4.69) is 0 Å². The molecular weight excluding hydrogens is 305 g/mol. The van der Waals surface area contributed by atoms with Crippen LogP contribution in [0.25, 0.3) is 0 Å². The lowest BCUT2D eigenvalue weighted by molar-refractivity contribution is -0.186. The van der Waals surface area contributed by atoms with Crippen molar-refractivity contribution in [2.24, 2.45) is 11.8 Å². The van der Waals surface area contributed by atoms with Gasteiger partial charge < -0.3 is 13.7 Å². The van der Waals surface area contributed by atoms with E-state index >= 15 is 0 Å². The summed E-state index contributed by atoms with van der Waals surface area (Å²) >= 11 is 1.28. The van der Waals surface area contributed by atoms with E-state index in [1.165, 1.54) is 12.0 Å². The summed E-state index contributed by atoms with van der Waals surface area (Å²) in [5, 5.41) is 0. The molecule has 7 heteroatoms. The van der Waals surface area contributed by atoms with Crippen LogP contribution in [-0.2, 0) is 13.7 Å². The Hall–Kier alpha value is -0.240. The van der Waals surface area contributed by atoms with Gasteiger partial charge >= 0.3 is 6.18 Å². The van der Waals surface area contributed by atoms with Gasteiger partial charge in [-0.25, -0.2) is 0 Å². The minimum Gasteiger partial charge on any atom is -0.346 e. The van der Waals surface area contributed by atoms with Gasteiger partial charge in [-0.1, -0.05) is 6.08 Å². The highest BCUT2D eigenvalue weighted by molar-refractivity contribution is 7.93. The molecule has 122 valence electrons. The standard InChI is InChI=1S/C14H21F3O3S/c1-21-20-12-8-18-13(19-9-12)7-4-10-2-5-11(6-3-10)14(15,16)17/h4,7,10-13H,2-3,5-6,8-9H2,1H3/b7-4+. The first-order valence-electron chi connectivity index (χ1n) is 7.16. The van der Waals surface area contributed by atoms with Gasteiger partial charge in [0.25, 0.3) is 0 Å². The Morgan fingerprint density at radius 1 is 1.05 bits per heavy atom. The second-order valence-corrected chi connectivity index (χ2v) is 5.98. The highest BCUT2D eigenvalue weighted by Crippen LogP contribution is 2.39. The maximum atomic E-state index is 12.6. The van der Waals surface area contributed by atoms with Crippen LogP contribution < -0.4 is 0 Å². The summed E-state index contributed by atoms with van der Waals surface area (Å²) in [5.74, 6) is -0.940. The van der Waals surface area contributed by atoms with Gasteiger partial charge in [0, 0.05) is 6.26 Å². The molecule has 1 saturated carbocycles. The number of alkyl halides is 3. The van der Waals surface area contributed by atoms with Crippen molar-refractivity contribution in [1.82, 2.24) is 0 Å². The molecule has 1 aliphatic heterocycles. The molecular formula is C14H21F3O3S. The topological polar surface area (TPSA) is 27.7 Å². The summed E-state index contributed by atoms with van der Waals surface area (Å²) in [4.78, 5) is 0. The van der Waals surface area contributed by atoms with Gasteiger partial charge in [-0.3, -0.25) is 0 Å². The summed E-state index contributed by atoms with van der Waals surface area (Å²) in [6.45, 7) is 0.938. The zero-order valence-corrected chi connectivity index (χ0v) is 12.8. The summed E-state index contributed by atoms with van der Waals surface area (Å²) < 4.78 is 54.0. The third kappa shape index (κ3) is 5.47. The molecule has 0 radical (unpaired) electrons. The van der Waals surface area contributed by atoms with E-state index in [-0.39, 0.29) is 24.9 Å². The van der Waals surface area contributed by atoms with Gasteiger partial charge in [0.2, 0.25) is 0 Å². The summed E-state index contributed by atoms with van der Waals surface area (Å²) in [5.41, 5.74) is 0. The predicted molar refractivity (Wildman–Crippen MR) is 74.7 cm³/mol. The molecule has 21 heavy (non-hydrogen) atoms. The zero-order chi connectivity index (χ0) is 15.3. The van der Waals surface area contributed by atoms with E-state index in [9.17, 15) is 13.2 Å². The molecule has 0 bridgehead atoms. The number of halogens is 3. The van der Waals surface area contributed by atoms with E-state index in [4.69, 9.17) is 13.7 Å². The third-order valence-corrected chi connectivity index (χ3v) is 4.36. The van der Waals surface area contributed by atoms with Crippen molar-refractivity contribution >= 4 is 12.0 Å². The number of hydrogen-bond donors (Lipinski definition) is 0. The Labute approximate surface area is 127 Å². The molecule has 3 nitrogen and oxygen atoms in total. The fourth-order valence-corrected chi connectivity index (χ4v) is 3.07. The average molecular weight is 326 g/mol. The van der Waals surface area contributed by atoms with Gasteiger partial charge in [0.1, 0.15) is 6.10 Å². The van der Waals surface area contributed by atoms with Crippen LogP contribution in [0, 0.1) is 11.8 Å². The Balaban J connectivity index is 1.69. The second kappa shape index (κ2) is 7.85. The van der Waals surface area contributed by atoms with Crippen LogP contribution in [-0.4, -0.2) is 38.0 Å². The van der Waals surface area contributed by atoms with Gasteiger partial charge in [0.15, 0.2) is 6.29 Å². The maximum Gasteiger partial charge on any atom is 0.391 e. The van der Waals surface area contributed by atoms with Gasteiger partial charge in [-0.05, 0) is 49.7 Å². The molecule has 2 fully saturated rings. The van der Waals surface area contributed by atoms with Crippen molar-refractivity contribution < 1.29 is 26.8 Å². The van der Waals surface area contributed by atoms with Gasteiger partial charge in [-0.2, -0.15) is 13.2 Å². The number of rotatable bonds is 4. The normalized spacial score (nSPS) is 35.2. The van der Waals surface area contributed by atoms with Crippen LogP contribution in [0.5, 0.6) is 0 Å². The highest BCUT2D eigenvalue weighted by atomic mass is 32.2. The van der Waals surface area contributed by atoms with Crippen molar-refractivity contribution in [3.8, 4) is 0 Å². The quantitative estimate of drug-likeness (QED) is 0.577. The van der Waals surface area contributed by atoms with Gasteiger partial charge in [0.05, 0.1) is 19.1 Å². The van der Waals surface area contributed by atoms with E-state index in [0.29, 0.717) is 26.1 Å². The lowest BCUT2D eigenvalue weighted by Crippen LogP contribution is -2.35. The smallest absolute Gasteiger partial charge is 0.346 e. The SMILES string of the molecule is CSOC1COC(/C=C/C2CCC(C(F)(F)F)CC2)OC1. The highest BCUT2D eigenvalue weighted by Gasteiger charge is 2.41. The predicted octanol–water partition coefficient (Wildman–Crippen LogP) is 3.95. The molecule has 0 N–H and O–H groups in total. The molecule has 0 spiro atoms. The molecule has 1 saturated heterocycles. The number of allylic oxidation sites excluding steroid dienone is 1. The summed E-state index contributed by atoms with van der Waals surface area (Å²) in [6, 6.07) is 0. The first-order valence-corrected chi connectivity index (χ1v) is 8.31. The van der Waals surface area contributed by atoms with Crippen molar-refractivity contribution in [2.45, 2.75) is 44.3 Å². The van der Waals surface area contributed by atoms with Gasteiger partial charge in [-0.15, -0.1) is 0 Å². The second-order valence-electron chi connectivity index (χ2n) is 5.46. The van der Waals surface area contributed by atoms with Crippen molar-refractivity contribution in [2.75, 3.05) is 19.5 Å². The molecule has 1 heterocycles. The minimum absolute atomic E-state index is 0.0631. The van der Waals surface area contributed by atoms with Crippen molar-refractivity contribution in [1.29, 1.82) is 0 Å². The van der Waals surface area contributed by atoms with Crippen LogP contribution in [0.4, 0.5) is 13.2 Å². The molecule has 0 aromatic rings. The van der Waals surface area contributed by atoms with E-state index in [1.807, 2.05) is 18.4 Å². The Morgan fingerprint density at radius 3 is 2.19 bits per heavy atom. The number of hydrogen-bond acceptors (Lipinski definition) is 4. The molecule has 0 unspecified atom stereocenters. The van der Waals surface area contributed by atoms with Crippen LogP contribution >= 0.6 is 12.0 Å². The third-order valence-electron chi connectivity index (χ3n) is 3.90. The maximum absolute atomic E-state index is 12.6. The van der Waals surface area contributed by atoms with Crippen LogP contribution in [0.1, 0.15) is 25.7 Å². The molecule has 2 aliphatic rings. The summed E-state index contributed by atoms with van der Waals surface area (Å²) in [7, 11) is 0. The molecule has 1 aliphatic carbocycles. The first kappa shape index (κ1) is 17.1. The molecule has 0 atom stereocenters. The van der Waals surface area contributed by atoms with Crippen LogP contribution in [0.15, 0.2) is 12.2 Å². The minimum atomic E-state index is -4.05. The van der Waals surface area contributed by atoms with E-state index < -0.39 is 18.4 Å². The summed E-state index contributed by atoms with van der Waals surface area (Å²) in [6.07, 6.45) is 2.65.